The standard InChI is InChI=1S/C23H30N2O3S2/c1-3-29-17-19-8-10-21(11-9-19)23(26)25-14-4-5-20(16-25)15-24-30(27,28)22-12-6-18(2)7-13-22/h6-13,20,24H,3-5,14-17H2,1-2H3. The number of nitrogens with one attached hydrogen (secondary N) is 1. The van der Waals surface area contributed by atoms with Gasteiger partial charge in [-0.2, -0.15) is 11.8 Å². The number of hydrogen-bond donors (Lipinski definition) is 1. The third-order valence-corrected chi connectivity index (χ3v) is 7.76. The number of benzene rings is 2. The highest BCUT2D eigenvalue weighted by Crippen LogP contribution is 2.20. The van der Waals surface area contributed by atoms with Crippen LogP contribution in [0.25, 0.3) is 0 Å². The number of piperidine rings is 1. The van der Waals surface area contributed by atoms with Crippen LogP contribution in [0.3, 0.4) is 0 Å². The van der Waals surface area contributed by atoms with Gasteiger partial charge in [-0.3, -0.25) is 4.79 Å². The highest BCUT2D eigenvalue weighted by Gasteiger charge is 2.26. The van der Waals surface area contributed by atoms with Crippen molar-refractivity contribution in [2.24, 2.45) is 5.92 Å². The molecule has 0 spiro atoms. The lowest BCUT2D eigenvalue weighted by molar-refractivity contribution is 0.0676. The van der Waals surface area contributed by atoms with E-state index >= 15 is 0 Å². The predicted molar refractivity (Wildman–Crippen MR) is 123 cm³/mol. The summed E-state index contributed by atoms with van der Waals surface area (Å²) in [5, 5.41) is 0. The van der Waals surface area contributed by atoms with Crippen molar-refractivity contribution in [2.75, 3.05) is 25.4 Å². The molecule has 1 aliphatic heterocycles. The molecule has 0 aromatic heterocycles. The number of aryl methyl sites for hydroxylation is 1. The molecule has 1 amide bonds. The largest absolute Gasteiger partial charge is 0.338 e. The third kappa shape index (κ3) is 6.09. The van der Waals surface area contributed by atoms with E-state index in [9.17, 15) is 13.2 Å². The van der Waals surface area contributed by atoms with Gasteiger partial charge >= 0.3 is 0 Å². The molecule has 3 rings (SSSR count). The van der Waals surface area contributed by atoms with Crippen LogP contribution in [-0.4, -0.2) is 44.6 Å². The minimum absolute atomic E-state index is 0.0239. The Morgan fingerprint density at radius 3 is 2.50 bits per heavy atom. The first-order chi connectivity index (χ1) is 14.4. The van der Waals surface area contributed by atoms with Crippen molar-refractivity contribution >= 4 is 27.7 Å². The van der Waals surface area contributed by atoms with E-state index in [1.807, 2.05) is 47.9 Å². The summed E-state index contributed by atoms with van der Waals surface area (Å²) in [6.45, 7) is 5.69. The first kappa shape index (κ1) is 22.8. The number of thioether (sulfide) groups is 1. The molecule has 1 unspecified atom stereocenters. The van der Waals surface area contributed by atoms with Gasteiger partial charge in [0, 0.05) is 31.0 Å². The normalized spacial score (nSPS) is 17.1. The van der Waals surface area contributed by atoms with E-state index in [0.29, 0.717) is 25.2 Å². The molecule has 1 aliphatic rings. The number of carbonyl (C=O) groups is 1. The lowest BCUT2D eigenvalue weighted by atomic mass is 9.97. The van der Waals surface area contributed by atoms with Crippen molar-refractivity contribution in [3.63, 3.8) is 0 Å². The summed E-state index contributed by atoms with van der Waals surface area (Å²) in [7, 11) is -3.53. The van der Waals surface area contributed by atoms with Crippen LogP contribution >= 0.6 is 11.8 Å². The Hall–Kier alpha value is -1.83. The Morgan fingerprint density at radius 2 is 1.83 bits per heavy atom. The van der Waals surface area contributed by atoms with Crippen molar-refractivity contribution in [3.05, 3.63) is 65.2 Å². The third-order valence-electron chi connectivity index (χ3n) is 5.37. The molecule has 2 aromatic rings. The number of sulfonamides is 1. The molecule has 162 valence electrons. The molecule has 1 atom stereocenters. The van der Waals surface area contributed by atoms with Gasteiger partial charge in [0.25, 0.3) is 5.91 Å². The van der Waals surface area contributed by atoms with Crippen molar-refractivity contribution < 1.29 is 13.2 Å². The van der Waals surface area contributed by atoms with Gasteiger partial charge in [-0.15, -0.1) is 0 Å². The van der Waals surface area contributed by atoms with Crippen molar-refractivity contribution in [1.82, 2.24) is 9.62 Å². The maximum Gasteiger partial charge on any atom is 0.253 e. The summed E-state index contributed by atoms with van der Waals surface area (Å²) in [4.78, 5) is 15.0. The fourth-order valence-electron chi connectivity index (χ4n) is 3.59. The molecule has 2 aromatic carbocycles. The average Bonchev–Trinajstić information content (AvgIpc) is 2.77. The second-order valence-electron chi connectivity index (χ2n) is 7.76. The topological polar surface area (TPSA) is 66.5 Å². The average molecular weight is 447 g/mol. The zero-order valence-corrected chi connectivity index (χ0v) is 19.3. The number of rotatable bonds is 8. The van der Waals surface area contributed by atoms with Crippen LogP contribution < -0.4 is 4.72 Å². The van der Waals surface area contributed by atoms with Gasteiger partial charge in [-0.05, 0) is 61.3 Å². The first-order valence-electron chi connectivity index (χ1n) is 10.4. The summed E-state index contributed by atoms with van der Waals surface area (Å²) in [6, 6.07) is 14.7. The first-order valence-corrected chi connectivity index (χ1v) is 13.0. The minimum Gasteiger partial charge on any atom is -0.338 e. The zero-order valence-electron chi connectivity index (χ0n) is 17.6. The summed E-state index contributed by atoms with van der Waals surface area (Å²) < 4.78 is 27.8. The highest BCUT2D eigenvalue weighted by atomic mass is 32.2. The lowest BCUT2D eigenvalue weighted by Crippen LogP contribution is -2.43. The van der Waals surface area contributed by atoms with Gasteiger partial charge in [0.1, 0.15) is 0 Å². The smallest absolute Gasteiger partial charge is 0.253 e. The van der Waals surface area contributed by atoms with E-state index < -0.39 is 10.0 Å². The maximum absolute atomic E-state index is 12.9. The molecule has 5 nitrogen and oxygen atoms in total. The van der Waals surface area contributed by atoms with E-state index in [2.05, 4.69) is 11.6 Å². The van der Waals surface area contributed by atoms with Crippen molar-refractivity contribution in [1.29, 1.82) is 0 Å². The number of amides is 1. The molecule has 1 saturated heterocycles. The van der Waals surface area contributed by atoms with Gasteiger partial charge in [-0.25, -0.2) is 13.1 Å². The molecule has 1 fully saturated rings. The fraction of sp³-hybridized carbons (Fsp3) is 0.435. The molecule has 0 radical (unpaired) electrons. The Labute approximate surface area is 184 Å². The van der Waals surface area contributed by atoms with E-state index in [4.69, 9.17) is 0 Å². The summed E-state index contributed by atoms with van der Waals surface area (Å²) in [6.07, 6.45) is 1.79. The Morgan fingerprint density at radius 1 is 1.13 bits per heavy atom. The van der Waals surface area contributed by atoms with Gasteiger partial charge < -0.3 is 4.90 Å². The number of nitrogens with zero attached hydrogens (tertiary/aromatic N) is 1. The molecule has 1 heterocycles. The zero-order chi connectivity index (χ0) is 21.6. The Balaban J connectivity index is 1.57. The van der Waals surface area contributed by atoms with Crippen LogP contribution in [-0.2, 0) is 15.8 Å². The number of likely N-dealkylation sites (tertiary alicyclic amines) is 1. The van der Waals surface area contributed by atoms with Crippen molar-refractivity contribution in [2.45, 2.75) is 37.3 Å². The SMILES string of the molecule is CCSCc1ccc(C(=O)N2CCCC(CNS(=O)(=O)c3ccc(C)cc3)C2)cc1. The van der Waals surface area contributed by atoms with E-state index in [1.54, 1.807) is 24.3 Å². The monoisotopic (exact) mass is 446 g/mol. The molecule has 30 heavy (non-hydrogen) atoms. The van der Waals surface area contributed by atoms with E-state index in [1.165, 1.54) is 5.56 Å². The quantitative estimate of drug-likeness (QED) is 0.664. The Kier molecular flexibility index (Phi) is 7.97. The van der Waals surface area contributed by atoms with Gasteiger partial charge in [0.05, 0.1) is 4.90 Å². The molecular weight excluding hydrogens is 416 g/mol. The predicted octanol–water partition coefficient (Wildman–Crippen LogP) is 4.08. The van der Waals surface area contributed by atoms with E-state index in [0.717, 1.165) is 29.9 Å². The van der Waals surface area contributed by atoms with Gasteiger partial charge in [-0.1, -0.05) is 36.8 Å². The summed E-state index contributed by atoms with van der Waals surface area (Å²) in [5.41, 5.74) is 2.94. The minimum atomic E-state index is -3.53. The van der Waals surface area contributed by atoms with Crippen LogP contribution in [0.2, 0.25) is 0 Å². The van der Waals surface area contributed by atoms with Crippen LogP contribution in [0.15, 0.2) is 53.4 Å². The van der Waals surface area contributed by atoms with Crippen LogP contribution in [0.4, 0.5) is 0 Å². The number of carbonyl (C=O) groups excluding carboxylic acids is 1. The van der Waals surface area contributed by atoms with Crippen LogP contribution in [0.1, 0.15) is 41.3 Å². The Bertz CT molecular complexity index is 941. The highest BCUT2D eigenvalue weighted by molar-refractivity contribution is 7.98. The number of hydrogen-bond acceptors (Lipinski definition) is 4. The molecule has 1 N–H and O–H groups in total. The summed E-state index contributed by atoms with van der Waals surface area (Å²) >= 11 is 1.86. The second-order valence-corrected chi connectivity index (χ2v) is 10.8. The van der Waals surface area contributed by atoms with Gasteiger partial charge in [0.15, 0.2) is 0 Å². The summed E-state index contributed by atoms with van der Waals surface area (Å²) in [5.74, 6) is 2.17. The molecule has 0 bridgehead atoms. The van der Waals surface area contributed by atoms with E-state index in [-0.39, 0.29) is 16.7 Å². The van der Waals surface area contributed by atoms with Gasteiger partial charge in [0.2, 0.25) is 10.0 Å². The maximum atomic E-state index is 12.9. The molecular formula is C23H30N2O3S2. The fourth-order valence-corrected chi connectivity index (χ4v) is 5.34. The van der Waals surface area contributed by atoms with Crippen molar-refractivity contribution in [3.8, 4) is 0 Å². The molecule has 7 heteroatoms. The second kappa shape index (κ2) is 10.5. The van der Waals surface area contributed by atoms with Crippen LogP contribution in [0, 0.1) is 12.8 Å². The molecule has 0 aliphatic carbocycles. The van der Waals surface area contributed by atoms with Crippen LogP contribution in [0.5, 0.6) is 0 Å². The molecule has 0 saturated carbocycles. The lowest BCUT2D eigenvalue weighted by Gasteiger charge is -2.33.